The van der Waals surface area contributed by atoms with E-state index in [1.807, 2.05) is 0 Å². The molecule has 0 amide bonds. The number of rotatable bonds is 0. The van der Waals surface area contributed by atoms with Gasteiger partial charge in [-0.25, -0.2) is 0 Å². The van der Waals surface area contributed by atoms with Crippen molar-refractivity contribution in [3.8, 4) is 0 Å². The van der Waals surface area contributed by atoms with Crippen LogP contribution < -0.4 is 0 Å². The van der Waals surface area contributed by atoms with Crippen LogP contribution in [-0.4, -0.2) is 28.7 Å². The van der Waals surface area contributed by atoms with E-state index in [-0.39, 0.29) is 6.15 Å². The zero-order valence-corrected chi connectivity index (χ0v) is 5.08. The minimum atomic E-state index is 0.250. The van der Waals surface area contributed by atoms with Gasteiger partial charge in [-0.05, 0) is 0 Å². The van der Waals surface area contributed by atoms with Crippen molar-refractivity contribution in [1.29, 1.82) is 0 Å². The first kappa shape index (κ1) is 8.88. The average molecular weight is 179 g/mol. The molecule has 0 spiro atoms. The Balaban J connectivity index is 0. The Labute approximate surface area is 41.8 Å². The van der Waals surface area contributed by atoms with Crippen molar-refractivity contribution in [2.24, 2.45) is 0 Å². The maximum atomic E-state index is 8.34. The monoisotopic (exact) mass is 180 g/mol. The van der Waals surface area contributed by atoms with E-state index in [1.54, 1.807) is 0 Å². The normalized spacial score (nSPS) is 2.40. The van der Waals surface area contributed by atoms with Gasteiger partial charge < -0.3 is 0 Å². The molecule has 0 bridgehead atoms. The predicted octanol–water partition coefficient (Wildman–Crippen LogP) is -1.08. The molecule has 0 rings (SSSR count). The second-order valence-electron chi connectivity index (χ2n) is 0.0833. The van der Waals surface area contributed by atoms with Crippen molar-refractivity contribution in [3.05, 3.63) is 0 Å². The van der Waals surface area contributed by atoms with Crippen LogP contribution in [0, 0.1) is 0 Å². The SMILES string of the molecule is O=C=O.[O]=[Sn]. The third-order valence-corrected chi connectivity index (χ3v) is 0. The second-order valence-corrected chi connectivity index (χ2v) is 0.0833. The van der Waals surface area contributed by atoms with Gasteiger partial charge in [-0.2, -0.15) is 9.59 Å². The average Bonchev–Trinajstić information content (AvgIpc) is 1.46. The van der Waals surface area contributed by atoms with E-state index in [0.717, 1.165) is 0 Å². The van der Waals surface area contributed by atoms with Crippen LogP contribution in [0.2, 0.25) is 0 Å². The molecule has 0 saturated heterocycles. The summed E-state index contributed by atoms with van der Waals surface area (Å²) >= 11 is 0.300. The fourth-order valence-electron chi connectivity index (χ4n) is 0. The van der Waals surface area contributed by atoms with Gasteiger partial charge in [0.2, 0.25) is 0 Å². The summed E-state index contributed by atoms with van der Waals surface area (Å²) in [5, 5.41) is 0. The van der Waals surface area contributed by atoms with Gasteiger partial charge in [0.25, 0.3) is 0 Å². The van der Waals surface area contributed by atoms with E-state index in [9.17, 15) is 0 Å². The van der Waals surface area contributed by atoms with E-state index in [4.69, 9.17) is 12.7 Å². The van der Waals surface area contributed by atoms with E-state index in [1.165, 1.54) is 0 Å². The van der Waals surface area contributed by atoms with Gasteiger partial charge in [0.15, 0.2) is 0 Å². The standard InChI is InChI=1S/CO2.O.Sn/c2-1-3;;. The Hall–Kier alpha value is -0.0213. The van der Waals surface area contributed by atoms with E-state index in [2.05, 4.69) is 0 Å². The fraction of sp³-hybridized carbons (Fsp3) is 0. The van der Waals surface area contributed by atoms with Crippen LogP contribution in [0.3, 0.4) is 0 Å². The molecule has 0 aromatic rings. The summed E-state index contributed by atoms with van der Waals surface area (Å²) in [4.78, 5) is 16.2. The molecular formula is CO3Sn. The topological polar surface area (TPSA) is 51.2 Å². The van der Waals surface area contributed by atoms with Crippen molar-refractivity contribution in [1.82, 2.24) is 0 Å². The molecule has 0 aromatic carbocycles. The Kier molecular flexibility index (Phi) is 65.5. The predicted molar refractivity (Wildman–Crippen MR) is 11.4 cm³/mol. The first-order valence-corrected chi connectivity index (χ1v) is 1.78. The molecule has 0 unspecified atom stereocenters. The van der Waals surface area contributed by atoms with Crippen LogP contribution >= 0.6 is 0 Å². The van der Waals surface area contributed by atoms with Crippen molar-refractivity contribution in [2.75, 3.05) is 0 Å². The molecule has 0 fully saturated rings. The van der Waals surface area contributed by atoms with Crippen LogP contribution in [0.25, 0.3) is 0 Å². The Morgan fingerprint density at radius 3 is 1.20 bits per heavy atom. The van der Waals surface area contributed by atoms with Gasteiger partial charge in [0, 0.05) is 0 Å². The van der Waals surface area contributed by atoms with Crippen LogP contribution in [-0.2, 0) is 12.7 Å². The molecule has 0 heterocycles. The summed E-state index contributed by atoms with van der Waals surface area (Å²) < 4.78 is 8.34. The van der Waals surface area contributed by atoms with Gasteiger partial charge in [0.1, 0.15) is 0 Å². The molecule has 0 aliphatic carbocycles. The minimum absolute atomic E-state index is 0.250. The zero-order valence-electron chi connectivity index (χ0n) is 2.22. The zero-order chi connectivity index (χ0) is 4.71. The fourth-order valence-corrected chi connectivity index (χ4v) is 0. The summed E-state index contributed by atoms with van der Waals surface area (Å²) in [6.07, 6.45) is 0.250. The summed E-state index contributed by atoms with van der Waals surface area (Å²) in [5.41, 5.74) is 0. The van der Waals surface area contributed by atoms with Crippen LogP contribution in [0.15, 0.2) is 0 Å². The molecule has 0 aliphatic rings. The number of hydrogen-bond donors (Lipinski definition) is 0. The third-order valence-electron chi connectivity index (χ3n) is 0. The molecule has 5 heavy (non-hydrogen) atoms. The van der Waals surface area contributed by atoms with Crippen molar-refractivity contribution < 1.29 is 12.7 Å². The molecule has 0 saturated carbocycles. The van der Waals surface area contributed by atoms with Gasteiger partial charge in [-0.3, -0.25) is 0 Å². The van der Waals surface area contributed by atoms with Crippen LogP contribution in [0.1, 0.15) is 0 Å². The van der Waals surface area contributed by atoms with Gasteiger partial charge in [-0.1, -0.05) is 0 Å². The third kappa shape index (κ3) is 34300. The van der Waals surface area contributed by atoms with E-state index < -0.39 is 0 Å². The van der Waals surface area contributed by atoms with Gasteiger partial charge in [-0.15, -0.1) is 0 Å². The first-order valence-electron chi connectivity index (χ1n) is 0.612. The molecule has 26 valence electrons. The van der Waals surface area contributed by atoms with Crippen LogP contribution in [0.4, 0.5) is 0 Å². The molecule has 2 radical (unpaired) electrons. The number of carbonyl (C=O) groups excluding carboxylic acids is 2. The van der Waals surface area contributed by atoms with Crippen molar-refractivity contribution in [3.63, 3.8) is 0 Å². The van der Waals surface area contributed by atoms with Gasteiger partial charge >= 0.3 is 31.7 Å². The van der Waals surface area contributed by atoms with E-state index >= 15 is 0 Å². The van der Waals surface area contributed by atoms with Crippen LogP contribution in [0.5, 0.6) is 0 Å². The van der Waals surface area contributed by atoms with Gasteiger partial charge in [0.05, 0.1) is 0 Å². The molecule has 0 aromatic heterocycles. The maximum absolute atomic E-state index is 8.34. The molecule has 3 nitrogen and oxygen atoms in total. The Bertz CT molecular complexity index is 36.2. The molecule has 0 aliphatic heterocycles. The first-order chi connectivity index (χ1) is 2.41. The molecule has 0 atom stereocenters. The summed E-state index contributed by atoms with van der Waals surface area (Å²) in [5.74, 6) is 0. The second kappa shape index (κ2) is 36.9. The molecule has 4 heteroatoms. The summed E-state index contributed by atoms with van der Waals surface area (Å²) in [6.45, 7) is 0. The number of hydrogen-bond acceptors (Lipinski definition) is 3. The van der Waals surface area contributed by atoms with E-state index in [0.29, 0.717) is 22.5 Å². The van der Waals surface area contributed by atoms with Crippen molar-refractivity contribution >= 4 is 28.7 Å². The summed E-state index contributed by atoms with van der Waals surface area (Å²) in [6, 6.07) is 0. The summed E-state index contributed by atoms with van der Waals surface area (Å²) in [7, 11) is 0. The Morgan fingerprint density at radius 2 is 1.20 bits per heavy atom. The Morgan fingerprint density at radius 1 is 1.20 bits per heavy atom. The quantitative estimate of drug-likeness (QED) is 0.444. The molecule has 0 N–H and O–H groups in total. The molecular weight excluding hydrogens is 179 g/mol. The van der Waals surface area contributed by atoms with Crippen molar-refractivity contribution in [2.45, 2.75) is 0 Å².